The average Bonchev–Trinajstić information content (AvgIpc) is 3.95. The number of nitrogens with zero attached hydrogens (tertiary/aromatic N) is 4. The SMILES string of the molecule is CC(C)Oc1cc(O[C@@H]2C[C@H]3C(=O)N[C@]4(C(=O)NS(=O)(=O)C5(C)CC5)C[C@H]4/C=C\CCCCC[C@H](NC(=O)c4ccn(C)n4)C(=O)N3C2)c2ccc(Cl)c(Cl)c2n1. The standard InChI is InChI=1S/C39H47Cl2N7O8S/c1-22(2)55-31-19-30(25-12-13-26(40)32(41)33(25)43-31)56-24-18-29-35(50)44-39(37(52)46-57(53,54)38(3)15-16-38)20-23(39)10-8-6-5-7-9-11-28(36(51)48(29)21-24)42-34(49)27-14-17-47(4)45-27/h8,10,12-14,17,19,22-24,28-29H,5-7,9,11,15-16,18,20-21H2,1-4H3,(H,42,49)(H,44,50)(H,46,52)/b10-8-/t23-,24-,28+,29+,39-/m1/s1. The Labute approximate surface area is 341 Å². The summed E-state index contributed by atoms with van der Waals surface area (Å²) in [5.74, 6) is -2.42. The number of amides is 4. The number of nitrogens with one attached hydrogen (secondary N) is 3. The van der Waals surface area contributed by atoms with Crippen LogP contribution in [0.25, 0.3) is 10.9 Å². The lowest BCUT2D eigenvalue weighted by Crippen LogP contribution is -2.58. The van der Waals surface area contributed by atoms with Crippen LogP contribution in [0.1, 0.15) is 89.0 Å². The molecule has 1 aromatic carbocycles. The van der Waals surface area contributed by atoms with E-state index < -0.39 is 68.0 Å². The van der Waals surface area contributed by atoms with Crippen LogP contribution in [0.2, 0.25) is 10.0 Å². The van der Waals surface area contributed by atoms with Crippen LogP contribution in [0.5, 0.6) is 11.6 Å². The minimum absolute atomic E-state index is 0.00142. The fourth-order valence-electron chi connectivity index (χ4n) is 7.47. The molecule has 2 aromatic heterocycles. The van der Waals surface area contributed by atoms with Crippen molar-refractivity contribution in [1.29, 1.82) is 0 Å². The van der Waals surface area contributed by atoms with Crippen molar-refractivity contribution < 1.29 is 37.1 Å². The number of halogens is 2. The summed E-state index contributed by atoms with van der Waals surface area (Å²) in [5.41, 5.74) is -1.08. The zero-order valence-electron chi connectivity index (χ0n) is 32.2. The van der Waals surface area contributed by atoms with E-state index in [4.69, 9.17) is 32.7 Å². The fourth-order valence-corrected chi connectivity index (χ4v) is 9.15. The van der Waals surface area contributed by atoms with E-state index in [1.165, 1.54) is 9.58 Å². The van der Waals surface area contributed by atoms with Gasteiger partial charge in [-0.3, -0.25) is 28.6 Å². The molecule has 3 fully saturated rings. The first-order valence-electron chi connectivity index (χ1n) is 19.3. The van der Waals surface area contributed by atoms with Gasteiger partial charge in [-0.1, -0.05) is 48.2 Å². The van der Waals surface area contributed by atoms with E-state index in [1.54, 1.807) is 44.4 Å². The molecule has 306 valence electrons. The highest BCUT2D eigenvalue weighted by Crippen LogP contribution is 2.48. The summed E-state index contributed by atoms with van der Waals surface area (Å²) in [5, 5.41) is 10.9. The van der Waals surface area contributed by atoms with E-state index in [9.17, 15) is 27.6 Å². The number of carbonyl (C=O) groups is 4. The van der Waals surface area contributed by atoms with Crippen molar-refractivity contribution in [1.82, 2.24) is 35.0 Å². The van der Waals surface area contributed by atoms with Crippen molar-refractivity contribution in [2.45, 2.75) is 113 Å². The minimum Gasteiger partial charge on any atom is -0.488 e. The van der Waals surface area contributed by atoms with Crippen molar-refractivity contribution in [2.24, 2.45) is 13.0 Å². The third-order valence-corrected chi connectivity index (χ3v) is 14.1. The molecule has 4 heterocycles. The first-order chi connectivity index (χ1) is 27.0. The number of aryl methyl sites for hydroxylation is 1. The van der Waals surface area contributed by atoms with Gasteiger partial charge in [0, 0.05) is 37.0 Å². The van der Waals surface area contributed by atoms with Gasteiger partial charge in [0.25, 0.3) is 11.8 Å². The summed E-state index contributed by atoms with van der Waals surface area (Å²) in [6, 6.07) is 4.31. The molecule has 2 saturated carbocycles. The van der Waals surface area contributed by atoms with Gasteiger partial charge in [-0.15, -0.1) is 0 Å². The molecule has 4 aliphatic rings. The van der Waals surface area contributed by atoms with E-state index in [0.29, 0.717) is 48.8 Å². The largest absolute Gasteiger partial charge is 0.488 e. The number of sulfonamides is 1. The smallest absolute Gasteiger partial charge is 0.272 e. The molecule has 0 unspecified atom stereocenters. The molecule has 2 aliphatic carbocycles. The molecule has 0 bridgehead atoms. The second-order valence-electron chi connectivity index (χ2n) is 16.0. The molecule has 57 heavy (non-hydrogen) atoms. The Morgan fingerprint density at radius 2 is 1.88 bits per heavy atom. The molecule has 2 aliphatic heterocycles. The second-order valence-corrected chi connectivity index (χ2v) is 19.0. The predicted octanol–water partition coefficient (Wildman–Crippen LogP) is 4.60. The lowest BCUT2D eigenvalue weighted by Gasteiger charge is -2.30. The molecule has 0 radical (unpaired) electrons. The number of rotatable bonds is 9. The quantitative estimate of drug-likeness (QED) is 0.257. The van der Waals surface area contributed by atoms with Crippen LogP contribution in [0, 0.1) is 5.92 Å². The van der Waals surface area contributed by atoms with Crippen LogP contribution in [0.3, 0.4) is 0 Å². The monoisotopic (exact) mass is 843 g/mol. The van der Waals surface area contributed by atoms with Crippen molar-refractivity contribution >= 4 is 67.8 Å². The minimum atomic E-state index is -4.01. The van der Waals surface area contributed by atoms with E-state index in [0.717, 1.165) is 12.8 Å². The second kappa shape index (κ2) is 15.7. The number of carbonyl (C=O) groups excluding carboxylic acids is 4. The maximum atomic E-state index is 14.7. The molecule has 0 spiro atoms. The number of aromatic nitrogens is 3. The molecule has 3 N–H and O–H groups in total. The van der Waals surface area contributed by atoms with Gasteiger partial charge in [0.1, 0.15) is 35.2 Å². The number of benzene rings is 1. The summed E-state index contributed by atoms with van der Waals surface area (Å²) in [7, 11) is -2.33. The number of pyridine rings is 1. The van der Waals surface area contributed by atoms with Crippen molar-refractivity contribution in [3.63, 3.8) is 0 Å². The molecule has 1 saturated heterocycles. The van der Waals surface area contributed by atoms with Crippen LogP contribution >= 0.6 is 23.2 Å². The zero-order valence-corrected chi connectivity index (χ0v) is 34.5. The Morgan fingerprint density at radius 1 is 1.11 bits per heavy atom. The molecule has 18 heteroatoms. The molecular formula is C39H47Cl2N7O8S. The maximum Gasteiger partial charge on any atom is 0.272 e. The lowest BCUT2D eigenvalue weighted by molar-refractivity contribution is -0.141. The van der Waals surface area contributed by atoms with Crippen molar-refractivity contribution in [3.05, 3.63) is 58.4 Å². The van der Waals surface area contributed by atoms with Crippen molar-refractivity contribution in [3.8, 4) is 11.6 Å². The first kappa shape index (κ1) is 40.8. The van der Waals surface area contributed by atoms with E-state index in [-0.39, 0.29) is 47.1 Å². The van der Waals surface area contributed by atoms with Gasteiger partial charge in [0.2, 0.25) is 27.7 Å². The van der Waals surface area contributed by atoms with Crippen LogP contribution in [0.15, 0.2) is 42.6 Å². The highest BCUT2D eigenvalue weighted by molar-refractivity contribution is 7.91. The van der Waals surface area contributed by atoms with Gasteiger partial charge in [-0.2, -0.15) is 5.10 Å². The van der Waals surface area contributed by atoms with Gasteiger partial charge in [-0.25, -0.2) is 13.4 Å². The highest BCUT2D eigenvalue weighted by Gasteiger charge is 2.63. The molecule has 5 atom stereocenters. The Hall–Kier alpha value is -4.41. The van der Waals surface area contributed by atoms with E-state index >= 15 is 0 Å². The van der Waals surface area contributed by atoms with Gasteiger partial charge < -0.3 is 25.0 Å². The summed E-state index contributed by atoms with van der Waals surface area (Å²) < 4.78 is 41.6. The van der Waals surface area contributed by atoms with Gasteiger partial charge in [0.05, 0.1) is 33.0 Å². The van der Waals surface area contributed by atoms with Crippen LogP contribution in [-0.2, 0) is 31.5 Å². The maximum absolute atomic E-state index is 14.7. The number of allylic oxidation sites excluding steroid dienone is 1. The predicted molar refractivity (Wildman–Crippen MR) is 212 cm³/mol. The highest BCUT2D eigenvalue weighted by atomic mass is 35.5. The first-order valence-corrected chi connectivity index (χ1v) is 21.5. The Morgan fingerprint density at radius 3 is 2.58 bits per heavy atom. The zero-order chi connectivity index (χ0) is 40.9. The Balaban J connectivity index is 1.23. The summed E-state index contributed by atoms with van der Waals surface area (Å²) >= 11 is 12.9. The third kappa shape index (κ3) is 8.44. The van der Waals surface area contributed by atoms with Gasteiger partial charge in [0.15, 0.2) is 0 Å². The Bertz CT molecular complexity index is 2240. The summed E-state index contributed by atoms with van der Waals surface area (Å²) in [4.78, 5) is 62.5. The summed E-state index contributed by atoms with van der Waals surface area (Å²) in [6.45, 7) is 5.21. The Kier molecular flexibility index (Phi) is 11.3. The fraction of sp³-hybridized carbons (Fsp3) is 0.538. The molecular weight excluding hydrogens is 797 g/mol. The van der Waals surface area contributed by atoms with Crippen LogP contribution < -0.4 is 24.8 Å². The van der Waals surface area contributed by atoms with E-state index in [1.807, 2.05) is 26.0 Å². The molecule has 4 amide bonds. The number of hydrogen-bond acceptors (Lipinski definition) is 10. The lowest BCUT2D eigenvalue weighted by atomic mass is 10.0. The average molecular weight is 845 g/mol. The van der Waals surface area contributed by atoms with Crippen LogP contribution in [-0.4, -0.2) is 92.8 Å². The van der Waals surface area contributed by atoms with E-state index in [2.05, 4.69) is 25.4 Å². The number of ether oxygens (including phenoxy) is 2. The van der Waals surface area contributed by atoms with Crippen LogP contribution in [0.4, 0.5) is 0 Å². The summed E-state index contributed by atoms with van der Waals surface area (Å²) in [6.07, 6.45) is 8.55. The molecule has 15 nitrogen and oxygen atoms in total. The third-order valence-electron chi connectivity index (χ3n) is 11.2. The normalized spacial score (nSPS) is 26.7. The number of fused-ring (bicyclic) bond motifs is 3. The number of hydrogen-bond donors (Lipinski definition) is 3. The van der Waals surface area contributed by atoms with Gasteiger partial charge in [-0.05, 0) is 77.5 Å². The van der Waals surface area contributed by atoms with Crippen molar-refractivity contribution in [2.75, 3.05) is 6.54 Å². The molecule has 3 aromatic rings. The molecule has 7 rings (SSSR count). The topological polar surface area (TPSA) is 191 Å². The van der Waals surface area contributed by atoms with Gasteiger partial charge >= 0.3 is 0 Å².